The molecule has 7 heteroatoms. The first-order valence-corrected chi connectivity index (χ1v) is 7.77. The second-order valence-corrected chi connectivity index (χ2v) is 5.69. The van der Waals surface area contributed by atoms with Crippen molar-refractivity contribution in [3.05, 3.63) is 11.9 Å². The Morgan fingerprint density at radius 2 is 2.00 bits per heavy atom. The molecule has 1 aliphatic carbocycles. The predicted octanol–water partition coefficient (Wildman–Crippen LogP) is 1.90. The summed E-state index contributed by atoms with van der Waals surface area (Å²) in [4.78, 5) is 19.3. The van der Waals surface area contributed by atoms with E-state index in [1.54, 1.807) is 6.92 Å². The zero-order valence-corrected chi connectivity index (χ0v) is 13.0. The Bertz CT molecular complexity index is 539. The fraction of sp³-hybridized carbons (Fsp3) is 0.600. The molecule has 0 atom stereocenters. The number of nitrogens with one attached hydrogen (secondary N) is 3. The van der Waals surface area contributed by atoms with Gasteiger partial charge in [-0.1, -0.05) is 19.3 Å². The molecule has 0 radical (unpaired) electrons. The van der Waals surface area contributed by atoms with Crippen LogP contribution in [-0.4, -0.2) is 34.2 Å². The van der Waals surface area contributed by atoms with Crippen LogP contribution in [0.25, 0.3) is 0 Å². The van der Waals surface area contributed by atoms with Gasteiger partial charge in [0.1, 0.15) is 18.0 Å². The number of aromatic nitrogens is 2. The van der Waals surface area contributed by atoms with E-state index >= 15 is 0 Å². The van der Waals surface area contributed by atoms with E-state index < -0.39 is 0 Å². The Morgan fingerprint density at radius 3 is 2.64 bits per heavy atom. The van der Waals surface area contributed by atoms with Gasteiger partial charge in [-0.15, -0.1) is 0 Å². The summed E-state index contributed by atoms with van der Waals surface area (Å²) in [6, 6.07) is 0.403. The zero-order chi connectivity index (χ0) is 15.9. The summed E-state index contributed by atoms with van der Waals surface area (Å²) in [5, 5.41) is 14.5. The van der Waals surface area contributed by atoms with Crippen LogP contribution in [0.1, 0.15) is 51.0 Å². The lowest BCUT2D eigenvalue weighted by Crippen LogP contribution is -2.25. The zero-order valence-electron chi connectivity index (χ0n) is 13.0. The van der Waals surface area contributed by atoms with Crippen LogP contribution in [0.2, 0.25) is 0 Å². The monoisotopic (exact) mass is 304 g/mol. The van der Waals surface area contributed by atoms with Crippen LogP contribution in [0, 0.1) is 5.41 Å². The van der Waals surface area contributed by atoms with Gasteiger partial charge in [-0.05, 0) is 19.8 Å². The maximum Gasteiger partial charge on any atom is 0.219 e. The molecule has 0 bridgehead atoms. The van der Waals surface area contributed by atoms with Crippen molar-refractivity contribution in [1.82, 2.24) is 9.97 Å². The van der Waals surface area contributed by atoms with Gasteiger partial charge in [0.2, 0.25) is 5.91 Å². The van der Waals surface area contributed by atoms with Crippen LogP contribution >= 0.6 is 0 Å². The number of nitrogens with two attached hydrogens (primary N) is 1. The number of anilines is 2. The average molecular weight is 304 g/mol. The summed E-state index contributed by atoms with van der Waals surface area (Å²) in [5.74, 6) is 0.897. The van der Waals surface area contributed by atoms with Crippen molar-refractivity contribution >= 4 is 23.3 Å². The SMILES string of the molecule is CC(=N)c1c(NCCC(N)=O)ncnc1NC1CCCCC1. The number of nitrogens with zero attached hydrogens (tertiary/aromatic N) is 2. The van der Waals surface area contributed by atoms with E-state index in [0.29, 0.717) is 35.5 Å². The van der Waals surface area contributed by atoms with Crippen molar-refractivity contribution in [3.8, 4) is 0 Å². The third-order valence-corrected chi connectivity index (χ3v) is 3.83. The molecule has 1 aromatic heterocycles. The van der Waals surface area contributed by atoms with E-state index in [4.69, 9.17) is 11.1 Å². The fourth-order valence-corrected chi connectivity index (χ4v) is 2.73. The molecule has 0 unspecified atom stereocenters. The first kappa shape index (κ1) is 16.2. The van der Waals surface area contributed by atoms with Crippen LogP contribution < -0.4 is 16.4 Å². The van der Waals surface area contributed by atoms with Gasteiger partial charge in [0.05, 0.1) is 5.56 Å². The maximum absolute atomic E-state index is 10.8. The van der Waals surface area contributed by atoms with Gasteiger partial charge < -0.3 is 21.8 Å². The van der Waals surface area contributed by atoms with E-state index in [9.17, 15) is 4.79 Å². The van der Waals surface area contributed by atoms with E-state index in [0.717, 1.165) is 12.8 Å². The molecule has 0 saturated heterocycles. The standard InChI is InChI=1S/C15H24N6O/c1-10(16)13-14(18-8-7-12(17)22)19-9-20-15(13)21-11-5-3-2-4-6-11/h9,11,16H,2-8H2,1H3,(H2,17,22)(H2,18,19,20,21). The minimum atomic E-state index is -0.366. The smallest absolute Gasteiger partial charge is 0.219 e. The lowest BCUT2D eigenvalue weighted by molar-refractivity contribution is -0.117. The molecule has 7 nitrogen and oxygen atoms in total. The Balaban J connectivity index is 2.14. The molecule has 1 amide bonds. The van der Waals surface area contributed by atoms with Gasteiger partial charge in [0, 0.05) is 24.7 Å². The molecule has 1 heterocycles. The predicted molar refractivity (Wildman–Crippen MR) is 87.3 cm³/mol. The maximum atomic E-state index is 10.8. The minimum absolute atomic E-state index is 0.228. The number of hydrogen-bond donors (Lipinski definition) is 4. The van der Waals surface area contributed by atoms with Crippen molar-refractivity contribution in [2.75, 3.05) is 17.2 Å². The Hall–Kier alpha value is -2.18. The summed E-state index contributed by atoms with van der Waals surface area (Å²) in [6.45, 7) is 2.11. The highest BCUT2D eigenvalue weighted by molar-refractivity contribution is 6.04. The molecule has 1 fully saturated rings. The normalized spacial score (nSPS) is 15.3. The number of amides is 1. The molecule has 0 aliphatic heterocycles. The van der Waals surface area contributed by atoms with Crippen molar-refractivity contribution in [1.29, 1.82) is 5.41 Å². The largest absolute Gasteiger partial charge is 0.370 e. The highest BCUT2D eigenvalue weighted by Gasteiger charge is 2.18. The third-order valence-electron chi connectivity index (χ3n) is 3.83. The number of hydrogen-bond acceptors (Lipinski definition) is 6. The van der Waals surface area contributed by atoms with Crippen LogP contribution in [0.15, 0.2) is 6.33 Å². The Kier molecular flexibility index (Phi) is 5.68. The molecule has 120 valence electrons. The van der Waals surface area contributed by atoms with Crippen molar-refractivity contribution in [3.63, 3.8) is 0 Å². The fourth-order valence-electron chi connectivity index (χ4n) is 2.73. The number of carbonyl (C=O) groups excluding carboxylic acids is 1. The molecule has 1 aromatic rings. The molecule has 2 rings (SSSR count). The summed E-state index contributed by atoms with van der Waals surface area (Å²) in [7, 11) is 0. The molecule has 22 heavy (non-hydrogen) atoms. The van der Waals surface area contributed by atoms with Gasteiger partial charge in [0.25, 0.3) is 0 Å². The Labute approximate surface area is 130 Å². The molecule has 0 spiro atoms. The topological polar surface area (TPSA) is 117 Å². The summed E-state index contributed by atoms with van der Waals surface area (Å²) in [5.41, 5.74) is 6.20. The van der Waals surface area contributed by atoms with E-state index in [-0.39, 0.29) is 12.3 Å². The summed E-state index contributed by atoms with van der Waals surface area (Å²) in [6.07, 6.45) is 7.71. The van der Waals surface area contributed by atoms with Crippen LogP contribution in [-0.2, 0) is 4.79 Å². The van der Waals surface area contributed by atoms with Gasteiger partial charge >= 0.3 is 0 Å². The van der Waals surface area contributed by atoms with Gasteiger partial charge in [-0.25, -0.2) is 9.97 Å². The van der Waals surface area contributed by atoms with E-state index in [2.05, 4.69) is 20.6 Å². The van der Waals surface area contributed by atoms with Crippen molar-refractivity contribution < 1.29 is 4.79 Å². The first-order valence-electron chi connectivity index (χ1n) is 7.77. The molecule has 0 aromatic carbocycles. The van der Waals surface area contributed by atoms with Gasteiger partial charge in [0.15, 0.2) is 0 Å². The van der Waals surface area contributed by atoms with Gasteiger partial charge in [-0.2, -0.15) is 0 Å². The molecular formula is C15H24N6O. The van der Waals surface area contributed by atoms with Crippen LogP contribution in [0.3, 0.4) is 0 Å². The van der Waals surface area contributed by atoms with Crippen LogP contribution in [0.5, 0.6) is 0 Å². The molecular weight excluding hydrogens is 280 g/mol. The quantitative estimate of drug-likeness (QED) is 0.574. The highest BCUT2D eigenvalue weighted by atomic mass is 16.1. The van der Waals surface area contributed by atoms with Crippen molar-refractivity contribution in [2.45, 2.75) is 51.5 Å². The van der Waals surface area contributed by atoms with Gasteiger partial charge in [-0.3, -0.25) is 4.79 Å². The number of rotatable bonds is 7. The average Bonchev–Trinajstić information content (AvgIpc) is 2.48. The van der Waals surface area contributed by atoms with E-state index in [1.807, 2.05) is 0 Å². The minimum Gasteiger partial charge on any atom is -0.370 e. The van der Waals surface area contributed by atoms with Crippen LogP contribution in [0.4, 0.5) is 11.6 Å². The van der Waals surface area contributed by atoms with E-state index in [1.165, 1.54) is 25.6 Å². The second-order valence-electron chi connectivity index (χ2n) is 5.69. The third kappa shape index (κ3) is 4.41. The highest BCUT2D eigenvalue weighted by Crippen LogP contribution is 2.25. The molecule has 1 saturated carbocycles. The number of carbonyl (C=O) groups is 1. The summed E-state index contributed by atoms with van der Waals surface area (Å²) >= 11 is 0. The summed E-state index contributed by atoms with van der Waals surface area (Å²) < 4.78 is 0. The lowest BCUT2D eigenvalue weighted by Gasteiger charge is -2.24. The second kappa shape index (κ2) is 7.72. The Morgan fingerprint density at radius 1 is 1.32 bits per heavy atom. The first-order chi connectivity index (χ1) is 10.6. The van der Waals surface area contributed by atoms with Crippen molar-refractivity contribution in [2.24, 2.45) is 5.73 Å². The number of primary amides is 1. The molecule has 1 aliphatic rings. The molecule has 5 N–H and O–H groups in total. The lowest BCUT2D eigenvalue weighted by atomic mass is 9.95.